The van der Waals surface area contributed by atoms with Gasteiger partial charge in [0.05, 0.1) is 0 Å². The van der Waals surface area contributed by atoms with Crippen LogP contribution in [0.1, 0.15) is 25.0 Å². The Hall–Kier alpha value is -1.39. The smallest absolute Gasteiger partial charge is 0.0437 e. The number of hydrogen-bond donors (Lipinski definition) is 0. The van der Waals surface area contributed by atoms with E-state index >= 15 is 0 Å². The first-order valence-corrected chi connectivity index (χ1v) is 9.72. The van der Waals surface area contributed by atoms with Crippen LogP contribution in [0.25, 0.3) is 31.3 Å². The maximum Gasteiger partial charge on any atom is 0.0437 e. The fourth-order valence-electron chi connectivity index (χ4n) is 3.97. The molecular formula is C21H15IS. The van der Waals surface area contributed by atoms with Crippen molar-refractivity contribution in [3.63, 3.8) is 0 Å². The SMILES string of the molecule is CC1(C)c2cc(I)ccc2-c2c1ccc1c2sc2ccccc21. The normalized spacial score (nSPS) is 15.1. The predicted molar refractivity (Wildman–Crippen MR) is 110 cm³/mol. The highest BCUT2D eigenvalue weighted by atomic mass is 127. The van der Waals surface area contributed by atoms with E-state index < -0.39 is 0 Å². The van der Waals surface area contributed by atoms with Crippen LogP contribution < -0.4 is 0 Å². The molecule has 1 aliphatic rings. The van der Waals surface area contributed by atoms with Gasteiger partial charge in [0.25, 0.3) is 0 Å². The first kappa shape index (κ1) is 14.0. The zero-order chi connectivity index (χ0) is 15.8. The molecule has 3 aromatic carbocycles. The molecule has 0 radical (unpaired) electrons. The van der Waals surface area contributed by atoms with E-state index in [-0.39, 0.29) is 5.41 Å². The van der Waals surface area contributed by atoms with Gasteiger partial charge in [-0.1, -0.05) is 50.2 Å². The highest BCUT2D eigenvalue weighted by Crippen LogP contribution is 2.53. The van der Waals surface area contributed by atoms with E-state index in [4.69, 9.17) is 0 Å². The summed E-state index contributed by atoms with van der Waals surface area (Å²) in [6, 6.07) is 20.3. The molecule has 0 saturated carbocycles. The number of thiophene rings is 1. The van der Waals surface area contributed by atoms with Crippen molar-refractivity contribution < 1.29 is 0 Å². The van der Waals surface area contributed by atoms with Gasteiger partial charge in [-0.25, -0.2) is 0 Å². The van der Waals surface area contributed by atoms with Crippen LogP contribution in [-0.4, -0.2) is 0 Å². The Labute approximate surface area is 153 Å². The summed E-state index contributed by atoms with van der Waals surface area (Å²) in [7, 11) is 0. The fraction of sp³-hybridized carbons (Fsp3) is 0.143. The Kier molecular flexibility index (Phi) is 2.79. The molecule has 5 rings (SSSR count). The maximum atomic E-state index is 2.42. The molecule has 1 heterocycles. The molecular weight excluding hydrogens is 411 g/mol. The van der Waals surface area contributed by atoms with Crippen molar-refractivity contribution in [1.29, 1.82) is 0 Å². The first-order valence-electron chi connectivity index (χ1n) is 7.82. The number of rotatable bonds is 0. The monoisotopic (exact) mass is 426 g/mol. The summed E-state index contributed by atoms with van der Waals surface area (Å²) < 4.78 is 4.14. The zero-order valence-corrected chi connectivity index (χ0v) is 16.0. The molecule has 0 nitrogen and oxygen atoms in total. The number of hydrogen-bond acceptors (Lipinski definition) is 1. The number of benzene rings is 3. The Balaban J connectivity index is 1.99. The molecule has 2 heteroatoms. The molecule has 0 N–H and O–H groups in total. The van der Waals surface area contributed by atoms with E-state index in [1.54, 1.807) is 0 Å². The standard InChI is InChI=1S/C21H15IS/c1-21(2)16-10-9-14-13-5-3-4-6-18(13)23-20(14)19(16)15-8-7-12(22)11-17(15)21/h3-11H,1-2H3. The van der Waals surface area contributed by atoms with Crippen molar-refractivity contribution in [3.8, 4) is 11.1 Å². The lowest BCUT2D eigenvalue weighted by atomic mass is 9.82. The van der Waals surface area contributed by atoms with Gasteiger partial charge in [-0.2, -0.15) is 0 Å². The molecule has 1 aromatic heterocycles. The second-order valence-corrected chi connectivity index (χ2v) is 9.08. The van der Waals surface area contributed by atoms with Gasteiger partial charge in [-0.15, -0.1) is 11.3 Å². The third-order valence-corrected chi connectivity index (χ3v) is 7.02. The lowest BCUT2D eigenvalue weighted by Gasteiger charge is -2.21. The molecule has 0 unspecified atom stereocenters. The van der Waals surface area contributed by atoms with Gasteiger partial charge in [0.15, 0.2) is 0 Å². The predicted octanol–water partition coefficient (Wildman–Crippen LogP) is 6.97. The molecule has 112 valence electrons. The Morgan fingerprint density at radius 3 is 2.57 bits per heavy atom. The minimum atomic E-state index is 0.0796. The maximum absolute atomic E-state index is 2.42. The van der Waals surface area contributed by atoms with Gasteiger partial charge >= 0.3 is 0 Å². The quantitative estimate of drug-likeness (QED) is 0.267. The minimum Gasteiger partial charge on any atom is -0.135 e. The van der Waals surface area contributed by atoms with Crippen LogP contribution in [0.4, 0.5) is 0 Å². The molecule has 0 fully saturated rings. The molecule has 0 saturated heterocycles. The third-order valence-electron chi connectivity index (χ3n) is 5.14. The van der Waals surface area contributed by atoms with Crippen LogP contribution >= 0.6 is 33.9 Å². The van der Waals surface area contributed by atoms with Crippen LogP contribution in [0, 0.1) is 3.57 Å². The van der Waals surface area contributed by atoms with E-state index in [1.165, 1.54) is 46.0 Å². The molecule has 0 spiro atoms. The zero-order valence-electron chi connectivity index (χ0n) is 13.0. The molecule has 4 aromatic rings. The number of fused-ring (bicyclic) bond motifs is 7. The summed E-state index contributed by atoms with van der Waals surface area (Å²) in [6.07, 6.45) is 0. The van der Waals surface area contributed by atoms with E-state index in [2.05, 4.69) is 91.0 Å². The highest BCUT2D eigenvalue weighted by molar-refractivity contribution is 14.1. The highest BCUT2D eigenvalue weighted by Gasteiger charge is 2.37. The van der Waals surface area contributed by atoms with Gasteiger partial charge < -0.3 is 0 Å². The van der Waals surface area contributed by atoms with Crippen LogP contribution in [0.5, 0.6) is 0 Å². The van der Waals surface area contributed by atoms with Crippen molar-refractivity contribution >= 4 is 54.1 Å². The topological polar surface area (TPSA) is 0 Å². The molecule has 0 aliphatic heterocycles. The molecule has 0 amide bonds. The summed E-state index contributed by atoms with van der Waals surface area (Å²) in [5.41, 5.74) is 5.89. The second-order valence-electron chi connectivity index (χ2n) is 6.78. The van der Waals surface area contributed by atoms with Crippen LogP contribution in [-0.2, 0) is 5.41 Å². The summed E-state index contributed by atoms with van der Waals surface area (Å²) >= 11 is 4.36. The Morgan fingerprint density at radius 1 is 0.870 bits per heavy atom. The van der Waals surface area contributed by atoms with Crippen molar-refractivity contribution in [3.05, 3.63) is 69.3 Å². The van der Waals surface area contributed by atoms with E-state index in [0.717, 1.165) is 0 Å². The van der Waals surface area contributed by atoms with E-state index in [9.17, 15) is 0 Å². The molecule has 23 heavy (non-hydrogen) atoms. The summed E-state index contributed by atoms with van der Waals surface area (Å²) in [5.74, 6) is 0. The minimum absolute atomic E-state index is 0.0796. The van der Waals surface area contributed by atoms with Gasteiger partial charge in [0.2, 0.25) is 0 Å². The first-order chi connectivity index (χ1) is 11.1. The molecule has 0 atom stereocenters. The summed E-state index contributed by atoms with van der Waals surface area (Å²) in [4.78, 5) is 0. The second kappa shape index (κ2) is 4.58. The Morgan fingerprint density at radius 2 is 1.70 bits per heavy atom. The van der Waals surface area contributed by atoms with Gasteiger partial charge in [0.1, 0.15) is 0 Å². The third kappa shape index (κ3) is 1.76. The summed E-state index contributed by atoms with van der Waals surface area (Å²) in [5, 5.41) is 2.78. The number of halogens is 1. The van der Waals surface area contributed by atoms with Crippen molar-refractivity contribution in [2.24, 2.45) is 0 Å². The van der Waals surface area contributed by atoms with Crippen LogP contribution in [0.15, 0.2) is 54.6 Å². The van der Waals surface area contributed by atoms with Crippen molar-refractivity contribution in [2.45, 2.75) is 19.3 Å². The van der Waals surface area contributed by atoms with E-state index in [1.807, 2.05) is 11.3 Å². The average molecular weight is 426 g/mol. The average Bonchev–Trinajstić information content (AvgIpc) is 3.02. The van der Waals surface area contributed by atoms with Crippen LogP contribution in [0.3, 0.4) is 0 Å². The van der Waals surface area contributed by atoms with Gasteiger partial charge in [-0.05, 0) is 57.5 Å². The molecule has 0 bridgehead atoms. The van der Waals surface area contributed by atoms with Crippen molar-refractivity contribution in [2.75, 3.05) is 0 Å². The Bertz CT molecular complexity index is 1100. The van der Waals surface area contributed by atoms with Gasteiger partial charge in [-0.3, -0.25) is 0 Å². The van der Waals surface area contributed by atoms with Crippen molar-refractivity contribution in [1.82, 2.24) is 0 Å². The largest absolute Gasteiger partial charge is 0.135 e. The van der Waals surface area contributed by atoms with E-state index in [0.29, 0.717) is 0 Å². The lowest BCUT2D eigenvalue weighted by Crippen LogP contribution is -2.14. The van der Waals surface area contributed by atoms with Gasteiger partial charge in [0, 0.05) is 34.7 Å². The summed E-state index contributed by atoms with van der Waals surface area (Å²) in [6.45, 7) is 4.71. The molecule has 1 aliphatic carbocycles. The van der Waals surface area contributed by atoms with Crippen LogP contribution in [0.2, 0.25) is 0 Å². The lowest BCUT2D eigenvalue weighted by molar-refractivity contribution is 0.660. The fourth-order valence-corrected chi connectivity index (χ4v) is 5.73.